The Morgan fingerprint density at radius 1 is 1.00 bits per heavy atom. The highest BCUT2D eigenvalue weighted by atomic mass is 35.5. The van der Waals surface area contributed by atoms with E-state index in [1.54, 1.807) is 11.8 Å². The van der Waals surface area contributed by atoms with E-state index in [9.17, 15) is 0 Å². The SMILES string of the molecule is NCc1ccc(CSc2ccc(Cl)cc2)c(Cl)c1. The highest BCUT2D eigenvalue weighted by molar-refractivity contribution is 7.98. The van der Waals surface area contributed by atoms with Crippen LogP contribution in [0.3, 0.4) is 0 Å². The van der Waals surface area contributed by atoms with Gasteiger partial charge in [0, 0.05) is 27.2 Å². The van der Waals surface area contributed by atoms with E-state index in [2.05, 4.69) is 0 Å². The normalized spacial score (nSPS) is 10.6. The van der Waals surface area contributed by atoms with Crippen molar-refractivity contribution < 1.29 is 0 Å². The molecule has 0 aliphatic heterocycles. The molecule has 0 aromatic heterocycles. The molecule has 18 heavy (non-hydrogen) atoms. The summed E-state index contributed by atoms with van der Waals surface area (Å²) in [5, 5.41) is 1.53. The summed E-state index contributed by atoms with van der Waals surface area (Å²) in [6, 6.07) is 13.8. The maximum Gasteiger partial charge on any atom is 0.0449 e. The highest BCUT2D eigenvalue weighted by Crippen LogP contribution is 2.28. The van der Waals surface area contributed by atoms with E-state index in [4.69, 9.17) is 28.9 Å². The summed E-state index contributed by atoms with van der Waals surface area (Å²) in [4.78, 5) is 1.18. The molecule has 0 saturated carbocycles. The first-order valence-electron chi connectivity index (χ1n) is 5.55. The van der Waals surface area contributed by atoms with Gasteiger partial charge >= 0.3 is 0 Å². The Labute approximate surface area is 121 Å². The second-order valence-corrected chi connectivity index (χ2v) is 5.76. The number of rotatable bonds is 4. The van der Waals surface area contributed by atoms with Crippen LogP contribution in [0.5, 0.6) is 0 Å². The summed E-state index contributed by atoms with van der Waals surface area (Å²) in [5.74, 6) is 0.839. The van der Waals surface area contributed by atoms with Gasteiger partial charge in [-0.05, 0) is 41.5 Å². The third-order valence-corrected chi connectivity index (χ3v) is 4.23. The van der Waals surface area contributed by atoms with E-state index in [0.717, 1.165) is 26.9 Å². The zero-order valence-corrected chi connectivity index (χ0v) is 12.0. The molecular formula is C14H13Cl2NS. The van der Waals surface area contributed by atoms with Crippen molar-refractivity contribution >= 4 is 35.0 Å². The molecule has 2 aromatic rings. The molecule has 1 nitrogen and oxygen atoms in total. The van der Waals surface area contributed by atoms with Gasteiger partial charge in [-0.15, -0.1) is 11.8 Å². The zero-order chi connectivity index (χ0) is 13.0. The predicted molar refractivity (Wildman–Crippen MR) is 80.4 cm³/mol. The topological polar surface area (TPSA) is 26.0 Å². The summed E-state index contributed by atoms with van der Waals surface area (Å²) >= 11 is 13.8. The molecule has 2 aromatic carbocycles. The van der Waals surface area contributed by atoms with Crippen LogP contribution in [-0.2, 0) is 12.3 Å². The van der Waals surface area contributed by atoms with Crippen LogP contribution in [0.2, 0.25) is 10.0 Å². The third-order valence-electron chi connectivity index (χ3n) is 2.56. The van der Waals surface area contributed by atoms with Crippen molar-refractivity contribution in [3.63, 3.8) is 0 Å². The van der Waals surface area contributed by atoms with Crippen LogP contribution in [0.4, 0.5) is 0 Å². The van der Waals surface area contributed by atoms with Gasteiger partial charge in [0.2, 0.25) is 0 Å². The van der Waals surface area contributed by atoms with Crippen molar-refractivity contribution in [2.24, 2.45) is 5.73 Å². The van der Waals surface area contributed by atoms with Gasteiger partial charge in [-0.25, -0.2) is 0 Å². The van der Waals surface area contributed by atoms with Crippen molar-refractivity contribution in [1.29, 1.82) is 0 Å². The largest absolute Gasteiger partial charge is 0.326 e. The fraction of sp³-hybridized carbons (Fsp3) is 0.143. The minimum Gasteiger partial charge on any atom is -0.326 e. The molecule has 0 heterocycles. The van der Waals surface area contributed by atoms with Gasteiger partial charge in [0.25, 0.3) is 0 Å². The molecule has 0 atom stereocenters. The first-order chi connectivity index (χ1) is 8.69. The number of hydrogen-bond acceptors (Lipinski definition) is 2. The second-order valence-electron chi connectivity index (χ2n) is 3.87. The van der Waals surface area contributed by atoms with Gasteiger partial charge in [-0.1, -0.05) is 35.3 Å². The molecule has 2 N–H and O–H groups in total. The molecule has 0 aliphatic rings. The van der Waals surface area contributed by atoms with Gasteiger partial charge in [0.1, 0.15) is 0 Å². The number of hydrogen-bond donors (Lipinski definition) is 1. The van der Waals surface area contributed by atoms with Gasteiger partial charge in [0.05, 0.1) is 0 Å². The summed E-state index contributed by atoms with van der Waals surface area (Å²) in [6.07, 6.45) is 0. The summed E-state index contributed by atoms with van der Waals surface area (Å²) in [7, 11) is 0. The van der Waals surface area contributed by atoms with Crippen LogP contribution in [0.25, 0.3) is 0 Å². The van der Waals surface area contributed by atoms with E-state index in [-0.39, 0.29) is 0 Å². The predicted octanol–water partition coefficient (Wildman–Crippen LogP) is 4.74. The van der Waals surface area contributed by atoms with Crippen molar-refractivity contribution in [2.75, 3.05) is 0 Å². The van der Waals surface area contributed by atoms with Gasteiger partial charge in [-0.2, -0.15) is 0 Å². The second kappa shape index (κ2) is 6.48. The lowest BCUT2D eigenvalue weighted by Gasteiger charge is -2.06. The third kappa shape index (κ3) is 3.66. The minimum atomic E-state index is 0.518. The van der Waals surface area contributed by atoms with Crippen molar-refractivity contribution in [3.8, 4) is 0 Å². The number of halogens is 2. The van der Waals surface area contributed by atoms with Gasteiger partial charge < -0.3 is 5.73 Å². The molecule has 0 unspecified atom stereocenters. The van der Waals surface area contributed by atoms with E-state index in [1.807, 2.05) is 42.5 Å². The molecule has 0 radical (unpaired) electrons. The van der Waals surface area contributed by atoms with Gasteiger partial charge in [-0.3, -0.25) is 0 Å². The molecule has 0 aliphatic carbocycles. The minimum absolute atomic E-state index is 0.518. The molecular weight excluding hydrogens is 285 g/mol. The fourth-order valence-electron chi connectivity index (χ4n) is 1.53. The van der Waals surface area contributed by atoms with Crippen LogP contribution in [0.15, 0.2) is 47.4 Å². The van der Waals surface area contributed by atoms with Crippen LogP contribution in [0, 0.1) is 0 Å². The maximum atomic E-state index is 6.21. The van der Waals surface area contributed by atoms with Crippen molar-refractivity contribution in [1.82, 2.24) is 0 Å². The summed E-state index contributed by atoms with van der Waals surface area (Å²) < 4.78 is 0. The number of thioether (sulfide) groups is 1. The summed E-state index contributed by atoms with van der Waals surface area (Å²) in [6.45, 7) is 0.518. The lowest BCUT2D eigenvalue weighted by Crippen LogP contribution is -1.96. The van der Waals surface area contributed by atoms with E-state index >= 15 is 0 Å². The molecule has 0 spiro atoms. The smallest absolute Gasteiger partial charge is 0.0449 e. The Bertz CT molecular complexity index is 526. The Kier molecular flexibility index (Phi) is 4.95. The van der Waals surface area contributed by atoms with Crippen LogP contribution in [0.1, 0.15) is 11.1 Å². The lowest BCUT2D eigenvalue weighted by atomic mass is 10.1. The van der Waals surface area contributed by atoms with Crippen LogP contribution < -0.4 is 5.73 Å². The average molecular weight is 298 g/mol. The maximum absolute atomic E-state index is 6.21. The standard InChI is InChI=1S/C14H13Cl2NS/c15-12-3-5-13(6-4-12)18-9-11-2-1-10(8-17)7-14(11)16/h1-7H,8-9,17H2. The Balaban J connectivity index is 2.04. The molecule has 0 bridgehead atoms. The Morgan fingerprint density at radius 2 is 1.72 bits per heavy atom. The first-order valence-corrected chi connectivity index (χ1v) is 7.29. The lowest BCUT2D eigenvalue weighted by molar-refractivity contribution is 1.07. The van der Waals surface area contributed by atoms with Crippen LogP contribution in [-0.4, -0.2) is 0 Å². The summed E-state index contributed by atoms with van der Waals surface area (Å²) in [5.41, 5.74) is 7.75. The monoisotopic (exact) mass is 297 g/mol. The molecule has 0 amide bonds. The van der Waals surface area contributed by atoms with Crippen LogP contribution >= 0.6 is 35.0 Å². The van der Waals surface area contributed by atoms with Crippen molar-refractivity contribution in [3.05, 3.63) is 63.6 Å². The highest BCUT2D eigenvalue weighted by Gasteiger charge is 2.02. The van der Waals surface area contributed by atoms with E-state index in [0.29, 0.717) is 6.54 Å². The number of benzene rings is 2. The van der Waals surface area contributed by atoms with Crippen molar-refractivity contribution in [2.45, 2.75) is 17.2 Å². The molecule has 0 fully saturated rings. The van der Waals surface area contributed by atoms with Gasteiger partial charge in [0.15, 0.2) is 0 Å². The number of nitrogens with two attached hydrogens (primary N) is 1. The zero-order valence-electron chi connectivity index (χ0n) is 9.70. The van der Waals surface area contributed by atoms with E-state index in [1.165, 1.54) is 4.90 Å². The molecule has 2 rings (SSSR count). The average Bonchev–Trinajstić information content (AvgIpc) is 2.39. The Morgan fingerprint density at radius 3 is 2.33 bits per heavy atom. The first kappa shape index (κ1) is 13.8. The molecule has 4 heteroatoms. The quantitative estimate of drug-likeness (QED) is 0.825. The fourth-order valence-corrected chi connectivity index (χ4v) is 2.90. The molecule has 0 saturated heterocycles. The van der Waals surface area contributed by atoms with E-state index < -0.39 is 0 Å². The molecule has 94 valence electrons. The Hall–Kier alpha value is -0.670.